The fraction of sp³-hybridized carbons (Fsp3) is 0.333. The van der Waals surface area contributed by atoms with E-state index in [2.05, 4.69) is 25.3 Å². The number of thioether (sulfide) groups is 1. The van der Waals surface area contributed by atoms with Crippen molar-refractivity contribution in [1.82, 2.24) is 19.9 Å². The lowest BCUT2D eigenvalue weighted by molar-refractivity contribution is 0.869. The number of rotatable bonds is 4. The number of nitrogens with one attached hydrogen (secondary N) is 2. The van der Waals surface area contributed by atoms with Gasteiger partial charge in [0, 0.05) is 17.8 Å². The molecule has 7 heteroatoms. The molecule has 0 radical (unpaired) electrons. The summed E-state index contributed by atoms with van der Waals surface area (Å²) in [6, 6.07) is 3.34. The second-order valence-corrected chi connectivity index (χ2v) is 4.84. The van der Waals surface area contributed by atoms with Crippen molar-refractivity contribution in [3.05, 3.63) is 39.7 Å². The number of H-pyrrole nitrogens is 1. The van der Waals surface area contributed by atoms with Crippen molar-refractivity contribution in [1.29, 1.82) is 0 Å². The number of anilines is 1. The van der Waals surface area contributed by atoms with Crippen molar-refractivity contribution in [2.24, 2.45) is 0 Å². The Hall–Kier alpha value is -1.89. The first-order chi connectivity index (χ1) is 9.06. The summed E-state index contributed by atoms with van der Waals surface area (Å²) in [7, 11) is 0. The van der Waals surface area contributed by atoms with Crippen LogP contribution in [0.4, 0.5) is 5.82 Å². The smallest absolute Gasteiger partial charge is 0.251 e. The first-order valence-electron chi connectivity index (χ1n) is 5.77. The average molecular weight is 277 g/mol. The average Bonchev–Trinajstić information content (AvgIpc) is 2.34. The molecule has 0 aliphatic heterocycles. The molecule has 0 aliphatic carbocycles. The largest absolute Gasteiger partial charge is 0.364 e. The Kier molecular flexibility index (Phi) is 4.16. The molecule has 0 spiro atoms. The number of hydrogen-bond donors (Lipinski definition) is 2. The van der Waals surface area contributed by atoms with E-state index in [9.17, 15) is 4.79 Å². The molecule has 0 aliphatic rings. The van der Waals surface area contributed by atoms with Crippen molar-refractivity contribution in [2.45, 2.75) is 25.5 Å². The summed E-state index contributed by atoms with van der Waals surface area (Å²) in [5.74, 6) is 1.45. The molecule has 2 aromatic rings. The van der Waals surface area contributed by atoms with Gasteiger partial charge in [-0.05, 0) is 20.1 Å². The Morgan fingerprint density at radius 1 is 1.26 bits per heavy atom. The molecule has 0 bridgehead atoms. The monoisotopic (exact) mass is 277 g/mol. The van der Waals surface area contributed by atoms with E-state index < -0.39 is 0 Å². The number of aryl methyl sites for hydroxylation is 2. The van der Waals surface area contributed by atoms with Crippen LogP contribution in [0.2, 0.25) is 0 Å². The minimum atomic E-state index is -0.147. The Bertz CT molecular complexity index is 620. The molecule has 2 N–H and O–H groups in total. The van der Waals surface area contributed by atoms with Crippen molar-refractivity contribution in [3.8, 4) is 0 Å². The van der Waals surface area contributed by atoms with Crippen LogP contribution in [-0.4, -0.2) is 26.2 Å². The van der Waals surface area contributed by atoms with E-state index in [0.29, 0.717) is 23.2 Å². The Balaban J connectivity index is 2.14. The second kappa shape index (κ2) is 5.83. The lowest BCUT2D eigenvalue weighted by Gasteiger charge is -2.07. The van der Waals surface area contributed by atoms with E-state index in [1.54, 1.807) is 0 Å². The molecule has 100 valence electrons. The molecular weight excluding hydrogens is 262 g/mol. The van der Waals surface area contributed by atoms with Crippen LogP contribution in [0.5, 0.6) is 0 Å². The zero-order valence-corrected chi connectivity index (χ0v) is 11.8. The molecule has 0 atom stereocenters. The SMILES string of the molecule is CSc1nc(CNc2cc(C)nc(C)n2)cc(=O)[nH]1. The number of aromatic nitrogens is 4. The first kappa shape index (κ1) is 13.5. The molecule has 2 heterocycles. The molecule has 0 aromatic carbocycles. The highest BCUT2D eigenvalue weighted by molar-refractivity contribution is 7.98. The van der Waals surface area contributed by atoms with Crippen LogP contribution in [0.15, 0.2) is 22.1 Å². The summed E-state index contributed by atoms with van der Waals surface area (Å²) in [4.78, 5) is 26.9. The summed E-state index contributed by atoms with van der Waals surface area (Å²) in [6.45, 7) is 4.21. The molecule has 19 heavy (non-hydrogen) atoms. The van der Waals surface area contributed by atoms with Crippen LogP contribution in [0.3, 0.4) is 0 Å². The zero-order chi connectivity index (χ0) is 13.8. The molecule has 2 aromatic heterocycles. The van der Waals surface area contributed by atoms with E-state index in [-0.39, 0.29) is 5.56 Å². The molecular formula is C12H15N5OS. The Morgan fingerprint density at radius 3 is 2.74 bits per heavy atom. The predicted octanol–water partition coefficient (Wildman–Crippen LogP) is 1.51. The quantitative estimate of drug-likeness (QED) is 0.651. The molecule has 0 fully saturated rings. The van der Waals surface area contributed by atoms with Crippen LogP contribution in [-0.2, 0) is 6.54 Å². The highest BCUT2D eigenvalue weighted by Crippen LogP contribution is 2.09. The van der Waals surface area contributed by atoms with Crippen LogP contribution in [0, 0.1) is 13.8 Å². The van der Waals surface area contributed by atoms with Gasteiger partial charge in [0.2, 0.25) is 0 Å². The van der Waals surface area contributed by atoms with Gasteiger partial charge in [-0.1, -0.05) is 11.8 Å². The van der Waals surface area contributed by atoms with E-state index in [1.807, 2.05) is 26.2 Å². The van der Waals surface area contributed by atoms with Gasteiger partial charge in [0.05, 0.1) is 12.2 Å². The van der Waals surface area contributed by atoms with Crippen LogP contribution in [0.1, 0.15) is 17.2 Å². The van der Waals surface area contributed by atoms with Gasteiger partial charge in [-0.2, -0.15) is 0 Å². The van der Waals surface area contributed by atoms with Gasteiger partial charge in [0.1, 0.15) is 11.6 Å². The Labute approximate surface area is 115 Å². The minimum absolute atomic E-state index is 0.147. The van der Waals surface area contributed by atoms with Crippen molar-refractivity contribution in [2.75, 3.05) is 11.6 Å². The Morgan fingerprint density at radius 2 is 2.05 bits per heavy atom. The molecule has 0 unspecified atom stereocenters. The number of aromatic amines is 1. The summed E-state index contributed by atoms with van der Waals surface area (Å²) in [6.07, 6.45) is 1.87. The van der Waals surface area contributed by atoms with Gasteiger partial charge < -0.3 is 10.3 Å². The van der Waals surface area contributed by atoms with E-state index in [1.165, 1.54) is 17.8 Å². The fourth-order valence-corrected chi connectivity index (χ4v) is 2.07. The summed E-state index contributed by atoms with van der Waals surface area (Å²) >= 11 is 1.40. The van der Waals surface area contributed by atoms with E-state index in [0.717, 1.165) is 11.5 Å². The van der Waals surface area contributed by atoms with E-state index >= 15 is 0 Å². The van der Waals surface area contributed by atoms with Crippen molar-refractivity contribution >= 4 is 17.6 Å². The third-order valence-electron chi connectivity index (χ3n) is 2.38. The number of nitrogens with zero attached hydrogens (tertiary/aromatic N) is 3. The van der Waals surface area contributed by atoms with Crippen molar-refractivity contribution < 1.29 is 0 Å². The zero-order valence-electron chi connectivity index (χ0n) is 11.0. The van der Waals surface area contributed by atoms with Crippen molar-refractivity contribution in [3.63, 3.8) is 0 Å². The molecule has 6 nitrogen and oxygen atoms in total. The maximum Gasteiger partial charge on any atom is 0.251 e. The molecule has 0 amide bonds. The highest BCUT2D eigenvalue weighted by Gasteiger charge is 2.02. The predicted molar refractivity (Wildman–Crippen MR) is 75.5 cm³/mol. The lowest BCUT2D eigenvalue weighted by Crippen LogP contribution is -2.13. The first-order valence-corrected chi connectivity index (χ1v) is 6.99. The normalized spacial score (nSPS) is 10.5. The molecule has 0 saturated carbocycles. The van der Waals surface area contributed by atoms with Gasteiger partial charge in [-0.15, -0.1) is 0 Å². The van der Waals surface area contributed by atoms with Gasteiger partial charge >= 0.3 is 0 Å². The maximum absolute atomic E-state index is 11.4. The summed E-state index contributed by atoms with van der Waals surface area (Å²) < 4.78 is 0. The molecule has 2 rings (SSSR count). The fourth-order valence-electron chi connectivity index (χ4n) is 1.66. The minimum Gasteiger partial charge on any atom is -0.364 e. The van der Waals surface area contributed by atoms with Crippen LogP contribution in [0.25, 0.3) is 0 Å². The second-order valence-electron chi connectivity index (χ2n) is 4.04. The third kappa shape index (κ3) is 3.78. The van der Waals surface area contributed by atoms with Gasteiger partial charge in [0.15, 0.2) is 5.16 Å². The standard InChI is InChI=1S/C12H15N5OS/c1-7-4-10(15-8(2)14-7)13-6-9-5-11(18)17-12(16-9)19-3/h4-5H,6H2,1-3H3,(H,13,14,15)(H,16,17,18). The highest BCUT2D eigenvalue weighted by atomic mass is 32.2. The lowest BCUT2D eigenvalue weighted by atomic mass is 10.3. The third-order valence-corrected chi connectivity index (χ3v) is 2.96. The van der Waals surface area contributed by atoms with Crippen LogP contribution < -0.4 is 10.9 Å². The number of hydrogen-bond acceptors (Lipinski definition) is 6. The topological polar surface area (TPSA) is 83.6 Å². The van der Waals surface area contributed by atoms with E-state index in [4.69, 9.17) is 0 Å². The summed E-state index contributed by atoms with van der Waals surface area (Å²) in [5, 5.41) is 3.76. The van der Waals surface area contributed by atoms with Gasteiger partial charge in [-0.25, -0.2) is 15.0 Å². The van der Waals surface area contributed by atoms with Gasteiger partial charge in [0.25, 0.3) is 5.56 Å². The van der Waals surface area contributed by atoms with Crippen LogP contribution >= 0.6 is 11.8 Å². The van der Waals surface area contributed by atoms with Gasteiger partial charge in [-0.3, -0.25) is 4.79 Å². The molecule has 0 saturated heterocycles. The maximum atomic E-state index is 11.4. The summed E-state index contributed by atoms with van der Waals surface area (Å²) in [5.41, 5.74) is 1.44.